The molecule has 0 amide bonds. The van der Waals surface area contributed by atoms with Crippen molar-refractivity contribution in [3.8, 4) is 0 Å². The molecule has 9 heavy (non-hydrogen) atoms. The topological polar surface area (TPSA) is 36.3 Å². The predicted octanol–water partition coefficient (Wildman–Crippen LogP) is 0.934. The summed E-state index contributed by atoms with van der Waals surface area (Å²) in [6.45, 7) is 1.47. The minimum atomic E-state index is 0.546. The molecule has 0 radical (unpaired) electrons. The van der Waals surface area contributed by atoms with Crippen molar-refractivity contribution in [2.24, 2.45) is 0 Å². The number of methoxy groups -OCH3 is 1. The van der Waals surface area contributed by atoms with Gasteiger partial charge in [0.05, 0.1) is 6.61 Å². The van der Waals surface area contributed by atoms with Crippen molar-refractivity contribution < 1.29 is 4.74 Å². The van der Waals surface area contributed by atoms with Gasteiger partial charge in [0.25, 0.3) is 0 Å². The van der Waals surface area contributed by atoms with E-state index in [4.69, 9.17) is 10.1 Å². The third-order valence-corrected chi connectivity index (χ3v) is 1.79. The van der Waals surface area contributed by atoms with Crippen molar-refractivity contribution in [1.29, 1.82) is 5.41 Å². The van der Waals surface area contributed by atoms with Crippen LogP contribution in [0.3, 0.4) is 0 Å². The molecule has 3 nitrogen and oxygen atoms in total. The lowest BCUT2D eigenvalue weighted by Crippen LogP contribution is -2.24. The molecule has 0 heterocycles. The van der Waals surface area contributed by atoms with E-state index < -0.39 is 0 Å². The van der Waals surface area contributed by atoms with Gasteiger partial charge in [-0.3, -0.25) is 5.41 Å². The summed E-state index contributed by atoms with van der Waals surface area (Å²) in [6.07, 6.45) is 0. The Kier molecular flexibility index (Phi) is 5.07. The van der Waals surface area contributed by atoms with E-state index in [0.717, 1.165) is 6.54 Å². The summed E-state index contributed by atoms with van der Waals surface area (Å²) >= 11 is 1.96. The fourth-order valence-electron chi connectivity index (χ4n) is 0.326. The highest BCUT2D eigenvalue weighted by atomic mass is 127. The van der Waals surface area contributed by atoms with Crippen LogP contribution in [0.15, 0.2) is 0 Å². The average Bonchev–Trinajstić information content (AvgIpc) is 1.82. The molecule has 1 N–H and O–H groups in total. The van der Waals surface area contributed by atoms with Gasteiger partial charge in [-0.15, -0.1) is 0 Å². The number of likely N-dealkylation sites (N-methyl/N-ethyl adjacent to an activating group) is 1. The van der Waals surface area contributed by atoms with Crippen LogP contribution in [0.4, 0.5) is 0 Å². The van der Waals surface area contributed by atoms with E-state index in [0.29, 0.717) is 10.4 Å². The van der Waals surface area contributed by atoms with Crippen molar-refractivity contribution in [1.82, 2.24) is 4.90 Å². The second kappa shape index (κ2) is 4.99. The maximum Gasteiger partial charge on any atom is 0.159 e. The summed E-state index contributed by atoms with van der Waals surface area (Å²) in [4.78, 5) is 1.82. The maximum absolute atomic E-state index is 7.14. The van der Waals surface area contributed by atoms with Crippen molar-refractivity contribution >= 4 is 26.4 Å². The van der Waals surface area contributed by atoms with Gasteiger partial charge >= 0.3 is 0 Å². The normalized spacial score (nSPS) is 9.22. The first-order valence-electron chi connectivity index (χ1n) is 2.62. The SMILES string of the molecule is COCCN(C)C(=N)I. The van der Waals surface area contributed by atoms with Crippen LogP contribution in [-0.4, -0.2) is 36.1 Å². The Morgan fingerprint density at radius 3 is 2.67 bits per heavy atom. The van der Waals surface area contributed by atoms with Crippen LogP contribution in [0.5, 0.6) is 0 Å². The molecule has 0 rings (SSSR count). The van der Waals surface area contributed by atoms with Crippen LogP contribution in [-0.2, 0) is 4.74 Å². The van der Waals surface area contributed by atoms with E-state index in [2.05, 4.69) is 0 Å². The Bertz CT molecular complexity index is 97.0. The average molecular weight is 242 g/mol. The van der Waals surface area contributed by atoms with Crippen molar-refractivity contribution in [3.05, 3.63) is 0 Å². The zero-order chi connectivity index (χ0) is 7.28. The number of halogens is 1. The number of nitrogens with one attached hydrogen (secondary N) is 1. The van der Waals surface area contributed by atoms with Gasteiger partial charge in [-0.2, -0.15) is 0 Å². The Morgan fingerprint density at radius 2 is 2.33 bits per heavy atom. The third-order valence-electron chi connectivity index (χ3n) is 0.966. The van der Waals surface area contributed by atoms with Gasteiger partial charge in [-0.25, -0.2) is 0 Å². The minimum Gasteiger partial charge on any atom is -0.383 e. The summed E-state index contributed by atoms with van der Waals surface area (Å²) in [6, 6.07) is 0. The predicted molar refractivity (Wildman–Crippen MR) is 46.3 cm³/mol. The van der Waals surface area contributed by atoms with Crippen molar-refractivity contribution in [3.63, 3.8) is 0 Å². The second-order valence-corrected chi connectivity index (χ2v) is 2.73. The Labute approximate surface area is 69.0 Å². The highest BCUT2D eigenvalue weighted by Crippen LogP contribution is 1.92. The number of amidine groups is 1. The number of rotatable bonds is 3. The molecule has 4 heteroatoms. The molecule has 0 aromatic carbocycles. The molecular formula is C5H11IN2O. The number of hydrogen-bond acceptors (Lipinski definition) is 2. The van der Waals surface area contributed by atoms with Crippen LogP contribution in [0.2, 0.25) is 0 Å². The van der Waals surface area contributed by atoms with Gasteiger partial charge in [-0.1, -0.05) is 0 Å². The fraction of sp³-hybridized carbons (Fsp3) is 0.800. The largest absolute Gasteiger partial charge is 0.383 e. The van der Waals surface area contributed by atoms with Gasteiger partial charge in [-0.05, 0) is 22.6 Å². The molecular weight excluding hydrogens is 231 g/mol. The van der Waals surface area contributed by atoms with Gasteiger partial charge in [0, 0.05) is 20.7 Å². The van der Waals surface area contributed by atoms with Crippen molar-refractivity contribution in [2.75, 3.05) is 27.3 Å². The smallest absolute Gasteiger partial charge is 0.159 e. The summed E-state index contributed by atoms with van der Waals surface area (Å²) in [5.41, 5.74) is 0. The molecule has 0 atom stereocenters. The molecule has 0 fully saturated rings. The quantitative estimate of drug-likeness (QED) is 0.346. The monoisotopic (exact) mass is 242 g/mol. The molecule has 0 saturated heterocycles. The van der Waals surface area contributed by atoms with E-state index in [1.54, 1.807) is 7.11 Å². The van der Waals surface area contributed by atoms with Gasteiger partial charge in [0.1, 0.15) is 0 Å². The van der Waals surface area contributed by atoms with Crippen LogP contribution >= 0.6 is 22.6 Å². The van der Waals surface area contributed by atoms with Crippen LogP contribution < -0.4 is 0 Å². The molecule has 0 aromatic heterocycles. The van der Waals surface area contributed by atoms with Gasteiger partial charge < -0.3 is 9.64 Å². The third kappa shape index (κ3) is 4.65. The molecule has 0 aliphatic rings. The Morgan fingerprint density at radius 1 is 1.78 bits per heavy atom. The van der Waals surface area contributed by atoms with Crippen LogP contribution in [0, 0.1) is 5.41 Å². The molecule has 0 saturated carbocycles. The standard InChI is InChI=1S/C5H11IN2O/c1-8(5(6)7)3-4-9-2/h7H,3-4H2,1-2H3. The molecule has 0 aliphatic carbocycles. The van der Waals surface area contributed by atoms with Crippen molar-refractivity contribution in [2.45, 2.75) is 0 Å². The molecule has 54 valence electrons. The lowest BCUT2D eigenvalue weighted by Gasteiger charge is -2.14. The van der Waals surface area contributed by atoms with Crippen LogP contribution in [0.25, 0.3) is 0 Å². The number of hydrogen-bond donors (Lipinski definition) is 1. The summed E-state index contributed by atoms with van der Waals surface area (Å²) < 4.78 is 5.37. The Hall–Kier alpha value is 0.160. The maximum atomic E-state index is 7.14. The Balaban J connectivity index is 3.27. The summed E-state index contributed by atoms with van der Waals surface area (Å²) in [5, 5.41) is 7.14. The summed E-state index contributed by atoms with van der Waals surface area (Å²) in [7, 11) is 3.53. The zero-order valence-corrected chi connectivity index (χ0v) is 7.81. The minimum absolute atomic E-state index is 0.546. The van der Waals surface area contributed by atoms with E-state index in [1.165, 1.54) is 0 Å². The highest BCUT2D eigenvalue weighted by Gasteiger charge is 1.96. The molecule has 0 aliphatic heterocycles. The second-order valence-electron chi connectivity index (χ2n) is 1.71. The lowest BCUT2D eigenvalue weighted by molar-refractivity contribution is 0.183. The highest BCUT2D eigenvalue weighted by molar-refractivity contribution is 14.1. The fourth-order valence-corrected chi connectivity index (χ4v) is 0.568. The zero-order valence-electron chi connectivity index (χ0n) is 5.65. The van der Waals surface area contributed by atoms with E-state index >= 15 is 0 Å². The van der Waals surface area contributed by atoms with E-state index in [1.807, 2.05) is 34.5 Å². The first-order chi connectivity index (χ1) is 4.18. The lowest BCUT2D eigenvalue weighted by atomic mass is 10.6. The van der Waals surface area contributed by atoms with Crippen LogP contribution in [0.1, 0.15) is 0 Å². The van der Waals surface area contributed by atoms with E-state index in [9.17, 15) is 0 Å². The number of nitrogens with zero attached hydrogens (tertiary/aromatic N) is 1. The molecule has 0 bridgehead atoms. The molecule has 0 aromatic rings. The summed E-state index contributed by atoms with van der Waals surface area (Å²) in [5.74, 6) is 0. The molecule has 0 spiro atoms. The molecule has 0 unspecified atom stereocenters. The first-order valence-corrected chi connectivity index (χ1v) is 3.70. The van der Waals surface area contributed by atoms with Gasteiger partial charge in [0.2, 0.25) is 0 Å². The number of ether oxygens (including phenoxy) is 1. The van der Waals surface area contributed by atoms with E-state index in [-0.39, 0.29) is 0 Å². The first kappa shape index (κ1) is 9.16. The van der Waals surface area contributed by atoms with Gasteiger partial charge in [0.15, 0.2) is 3.84 Å².